The Bertz CT molecular complexity index is 425. The second-order valence-corrected chi connectivity index (χ2v) is 3.95. The minimum Gasteiger partial charge on any atom is -0.395 e. The maximum atomic E-state index is 12.4. The molecule has 0 radical (unpaired) electrons. The number of aliphatic hydroxyl groups is 1. The molecule has 4 nitrogen and oxygen atoms in total. The maximum Gasteiger partial charge on any atom is 0.405 e. The number of aliphatic hydroxyl groups excluding tert-OH is 1. The molecule has 1 aromatic rings. The number of nitrogens with two attached hydrogens (primary N) is 1. The Morgan fingerprint density at radius 3 is 2.61 bits per heavy atom. The van der Waals surface area contributed by atoms with E-state index in [2.05, 4.69) is 4.98 Å². The Balaban J connectivity index is 2.98. The Morgan fingerprint density at radius 1 is 1.44 bits per heavy atom. The molecule has 0 atom stereocenters. The fourth-order valence-electron chi connectivity index (χ4n) is 1.35. The number of halogens is 3. The summed E-state index contributed by atoms with van der Waals surface area (Å²) in [6.45, 7) is -1.77. The van der Waals surface area contributed by atoms with Crippen LogP contribution >= 0.6 is 12.2 Å². The Morgan fingerprint density at radius 2 is 2.11 bits per heavy atom. The third-order valence-corrected chi connectivity index (χ3v) is 2.26. The highest BCUT2D eigenvalue weighted by Gasteiger charge is 2.31. The quantitative estimate of drug-likeness (QED) is 0.790. The van der Waals surface area contributed by atoms with Gasteiger partial charge in [-0.25, -0.2) is 4.98 Å². The van der Waals surface area contributed by atoms with Gasteiger partial charge in [0.15, 0.2) is 0 Å². The molecule has 18 heavy (non-hydrogen) atoms. The molecule has 1 rings (SSSR count). The van der Waals surface area contributed by atoms with Crippen molar-refractivity contribution in [3.63, 3.8) is 0 Å². The average Bonchev–Trinajstić information content (AvgIpc) is 2.27. The van der Waals surface area contributed by atoms with E-state index in [1.165, 1.54) is 18.2 Å². The lowest BCUT2D eigenvalue weighted by Crippen LogP contribution is -2.37. The number of aromatic nitrogens is 1. The number of pyridine rings is 1. The van der Waals surface area contributed by atoms with Gasteiger partial charge in [0.1, 0.15) is 17.4 Å². The van der Waals surface area contributed by atoms with E-state index >= 15 is 0 Å². The zero-order valence-corrected chi connectivity index (χ0v) is 10.1. The van der Waals surface area contributed by atoms with Crippen molar-refractivity contribution in [2.24, 2.45) is 5.73 Å². The molecule has 0 aliphatic heterocycles. The SMILES string of the molecule is NC(=S)c1cccc(N(CCO)CC(F)(F)F)n1. The van der Waals surface area contributed by atoms with Crippen molar-refractivity contribution in [2.45, 2.75) is 6.18 Å². The topological polar surface area (TPSA) is 62.4 Å². The maximum absolute atomic E-state index is 12.4. The van der Waals surface area contributed by atoms with Gasteiger partial charge in [-0.15, -0.1) is 0 Å². The average molecular weight is 279 g/mol. The molecule has 0 bridgehead atoms. The van der Waals surface area contributed by atoms with E-state index < -0.39 is 19.3 Å². The Hall–Kier alpha value is -1.41. The molecule has 0 fully saturated rings. The number of rotatable bonds is 5. The molecule has 3 N–H and O–H groups in total. The monoisotopic (exact) mass is 279 g/mol. The molecule has 0 amide bonds. The van der Waals surface area contributed by atoms with Crippen LogP contribution in [0.15, 0.2) is 18.2 Å². The van der Waals surface area contributed by atoms with Crippen molar-refractivity contribution in [3.05, 3.63) is 23.9 Å². The van der Waals surface area contributed by atoms with Gasteiger partial charge in [-0.2, -0.15) is 13.2 Å². The van der Waals surface area contributed by atoms with Crippen LogP contribution in [0.1, 0.15) is 5.69 Å². The summed E-state index contributed by atoms with van der Waals surface area (Å²) in [5.41, 5.74) is 5.61. The van der Waals surface area contributed by atoms with Crippen LogP contribution in [0.2, 0.25) is 0 Å². The van der Waals surface area contributed by atoms with Crippen LogP contribution in [-0.4, -0.2) is 41.0 Å². The molecule has 0 spiro atoms. The van der Waals surface area contributed by atoms with E-state index in [1.54, 1.807) is 0 Å². The van der Waals surface area contributed by atoms with E-state index in [4.69, 9.17) is 23.1 Å². The lowest BCUT2D eigenvalue weighted by atomic mass is 10.3. The lowest BCUT2D eigenvalue weighted by molar-refractivity contribution is -0.120. The van der Waals surface area contributed by atoms with Gasteiger partial charge in [0.25, 0.3) is 0 Å². The van der Waals surface area contributed by atoms with Crippen molar-refractivity contribution in [1.29, 1.82) is 0 Å². The minimum absolute atomic E-state index is 0.00723. The summed E-state index contributed by atoms with van der Waals surface area (Å²) < 4.78 is 37.1. The molecule has 1 aromatic heterocycles. The first-order chi connectivity index (χ1) is 8.33. The first-order valence-corrected chi connectivity index (χ1v) is 5.44. The van der Waals surface area contributed by atoms with Gasteiger partial charge < -0.3 is 15.7 Å². The van der Waals surface area contributed by atoms with Crippen molar-refractivity contribution in [2.75, 3.05) is 24.6 Å². The summed E-state index contributed by atoms with van der Waals surface area (Å²) in [6.07, 6.45) is -4.38. The van der Waals surface area contributed by atoms with Gasteiger partial charge in [-0.3, -0.25) is 0 Å². The van der Waals surface area contributed by atoms with Crippen LogP contribution < -0.4 is 10.6 Å². The van der Waals surface area contributed by atoms with Crippen LogP contribution in [0.3, 0.4) is 0 Å². The molecule has 0 saturated heterocycles. The smallest absolute Gasteiger partial charge is 0.395 e. The van der Waals surface area contributed by atoms with Crippen molar-refractivity contribution in [3.8, 4) is 0 Å². The number of anilines is 1. The Kier molecular flexibility index (Phi) is 4.85. The molecule has 0 aromatic carbocycles. The zero-order chi connectivity index (χ0) is 13.8. The van der Waals surface area contributed by atoms with E-state index in [0.717, 1.165) is 4.90 Å². The summed E-state index contributed by atoms with van der Waals surface area (Å²) in [6, 6.07) is 4.43. The summed E-state index contributed by atoms with van der Waals surface area (Å²) in [5.74, 6) is 0.0756. The molecule has 0 unspecified atom stereocenters. The van der Waals surface area contributed by atoms with Crippen LogP contribution in [0, 0.1) is 0 Å². The molecular formula is C10H12F3N3OS. The predicted molar refractivity (Wildman–Crippen MR) is 65.5 cm³/mol. The largest absolute Gasteiger partial charge is 0.405 e. The number of thiocarbonyl (C=S) groups is 1. The summed E-state index contributed by atoms with van der Waals surface area (Å²) in [4.78, 5) is 4.85. The van der Waals surface area contributed by atoms with Crippen molar-refractivity contribution < 1.29 is 18.3 Å². The minimum atomic E-state index is -4.38. The number of hydrogen-bond donors (Lipinski definition) is 2. The molecule has 0 saturated carbocycles. The van der Waals surface area contributed by atoms with Gasteiger partial charge in [0, 0.05) is 6.54 Å². The van der Waals surface area contributed by atoms with Crippen LogP contribution in [0.25, 0.3) is 0 Å². The van der Waals surface area contributed by atoms with Gasteiger partial charge in [0.05, 0.1) is 12.3 Å². The van der Waals surface area contributed by atoms with Crippen LogP contribution in [0.4, 0.5) is 19.0 Å². The summed E-state index contributed by atoms with van der Waals surface area (Å²) in [5, 5.41) is 8.79. The fourth-order valence-corrected chi connectivity index (χ4v) is 1.46. The number of hydrogen-bond acceptors (Lipinski definition) is 4. The highest BCUT2D eigenvalue weighted by atomic mass is 32.1. The number of nitrogens with zero attached hydrogens (tertiary/aromatic N) is 2. The van der Waals surface area contributed by atoms with E-state index in [1.807, 2.05) is 0 Å². The fraction of sp³-hybridized carbons (Fsp3) is 0.400. The highest BCUT2D eigenvalue weighted by Crippen LogP contribution is 2.20. The zero-order valence-electron chi connectivity index (χ0n) is 9.31. The normalized spacial score (nSPS) is 11.3. The van der Waals surface area contributed by atoms with Gasteiger partial charge in [-0.05, 0) is 12.1 Å². The second kappa shape index (κ2) is 5.96. The van der Waals surface area contributed by atoms with Gasteiger partial charge >= 0.3 is 6.18 Å². The lowest BCUT2D eigenvalue weighted by Gasteiger charge is -2.24. The standard InChI is InChI=1S/C10H12F3N3OS/c11-10(12,13)6-16(4-5-17)8-3-1-2-7(15-8)9(14)18/h1-3,17H,4-6H2,(H2,14,18). The molecule has 8 heteroatoms. The van der Waals surface area contributed by atoms with Crippen LogP contribution in [0.5, 0.6) is 0 Å². The number of alkyl halides is 3. The summed E-state index contributed by atoms with van der Waals surface area (Å²) in [7, 11) is 0. The predicted octanol–water partition coefficient (Wildman–Crippen LogP) is 1.08. The molecular weight excluding hydrogens is 267 g/mol. The highest BCUT2D eigenvalue weighted by molar-refractivity contribution is 7.80. The van der Waals surface area contributed by atoms with Gasteiger partial charge in [-0.1, -0.05) is 18.3 Å². The van der Waals surface area contributed by atoms with E-state index in [9.17, 15) is 13.2 Å². The van der Waals surface area contributed by atoms with E-state index in [-0.39, 0.29) is 23.0 Å². The third-order valence-electron chi connectivity index (χ3n) is 2.05. The molecule has 1 heterocycles. The van der Waals surface area contributed by atoms with Crippen molar-refractivity contribution >= 4 is 23.0 Å². The van der Waals surface area contributed by atoms with E-state index in [0.29, 0.717) is 0 Å². The molecule has 0 aliphatic rings. The first-order valence-electron chi connectivity index (χ1n) is 5.03. The summed E-state index contributed by atoms with van der Waals surface area (Å²) >= 11 is 4.71. The third kappa shape index (κ3) is 4.46. The van der Waals surface area contributed by atoms with Crippen LogP contribution in [-0.2, 0) is 0 Å². The van der Waals surface area contributed by atoms with Crippen molar-refractivity contribution in [1.82, 2.24) is 4.98 Å². The molecule has 0 aliphatic carbocycles. The first kappa shape index (κ1) is 14.7. The Labute approximate surface area is 107 Å². The van der Waals surface area contributed by atoms with Gasteiger partial charge in [0.2, 0.25) is 0 Å². The molecule has 100 valence electrons. The second-order valence-electron chi connectivity index (χ2n) is 3.51.